The SMILES string of the molecule is CCOC(=O)c1c(C#N)cc(CC)cc1CO. The van der Waals surface area contributed by atoms with E-state index in [4.69, 9.17) is 10.00 Å². The second-order valence-corrected chi connectivity index (χ2v) is 3.52. The number of nitrogens with zero attached hydrogens (tertiary/aromatic N) is 1. The van der Waals surface area contributed by atoms with Crippen LogP contribution in [0, 0.1) is 11.3 Å². The fourth-order valence-corrected chi connectivity index (χ4v) is 1.63. The Hall–Kier alpha value is -1.86. The third kappa shape index (κ3) is 2.83. The molecule has 0 radical (unpaired) electrons. The topological polar surface area (TPSA) is 70.3 Å². The Morgan fingerprint density at radius 1 is 1.47 bits per heavy atom. The third-order valence-electron chi connectivity index (χ3n) is 2.46. The van der Waals surface area contributed by atoms with Crippen LogP contribution in [0.2, 0.25) is 0 Å². The molecule has 0 aliphatic rings. The molecule has 4 nitrogen and oxygen atoms in total. The van der Waals surface area contributed by atoms with Crippen molar-refractivity contribution in [2.45, 2.75) is 26.9 Å². The fourth-order valence-electron chi connectivity index (χ4n) is 1.63. The summed E-state index contributed by atoms with van der Waals surface area (Å²) in [5.41, 5.74) is 1.79. The summed E-state index contributed by atoms with van der Waals surface area (Å²) >= 11 is 0. The van der Waals surface area contributed by atoms with Gasteiger partial charge in [0.05, 0.1) is 24.3 Å². The van der Waals surface area contributed by atoms with Crippen LogP contribution in [0.5, 0.6) is 0 Å². The number of benzene rings is 1. The number of carbonyl (C=O) groups excluding carboxylic acids is 1. The van der Waals surface area contributed by atoms with E-state index in [1.165, 1.54) is 0 Å². The van der Waals surface area contributed by atoms with Crippen molar-refractivity contribution >= 4 is 5.97 Å². The van der Waals surface area contributed by atoms with Crippen molar-refractivity contribution in [3.05, 3.63) is 34.4 Å². The number of hydrogen-bond donors (Lipinski definition) is 1. The van der Waals surface area contributed by atoms with Gasteiger partial charge in [-0.15, -0.1) is 0 Å². The van der Waals surface area contributed by atoms with Gasteiger partial charge in [0.2, 0.25) is 0 Å². The van der Waals surface area contributed by atoms with Crippen LogP contribution < -0.4 is 0 Å². The molecule has 1 aromatic rings. The number of aliphatic hydroxyl groups excluding tert-OH is 1. The smallest absolute Gasteiger partial charge is 0.339 e. The largest absolute Gasteiger partial charge is 0.462 e. The highest BCUT2D eigenvalue weighted by atomic mass is 16.5. The molecular formula is C13H15NO3. The van der Waals surface area contributed by atoms with Gasteiger partial charge in [-0.1, -0.05) is 13.0 Å². The van der Waals surface area contributed by atoms with E-state index in [1.54, 1.807) is 19.1 Å². The summed E-state index contributed by atoms with van der Waals surface area (Å²) in [5, 5.41) is 18.3. The van der Waals surface area contributed by atoms with E-state index in [0.29, 0.717) is 5.56 Å². The van der Waals surface area contributed by atoms with Crippen molar-refractivity contribution in [1.29, 1.82) is 5.26 Å². The standard InChI is InChI=1S/C13H15NO3/c1-3-9-5-10(7-14)12(11(6-9)8-15)13(16)17-4-2/h5-6,15H,3-4,8H2,1-2H3. The van der Waals surface area contributed by atoms with Gasteiger partial charge >= 0.3 is 5.97 Å². The Kier molecular flexibility index (Phi) is 4.68. The lowest BCUT2D eigenvalue weighted by Crippen LogP contribution is -2.11. The Balaban J connectivity index is 3.35. The molecule has 0 saturated carbocycles. The molecule has 1 N–H and O–H groups in total. The lowest BCUT2D eigenvalue weighted by molar-refractivity contribution is 0.0522. The summed E-state index contributed by atoms with van der Waals surface area (Å²) in [4.78, 5) is 11.7. The number of carbonyl (C=O) groups is 1. The lowest BCUT2D eigenvalue weighted by atomic mass is 9.97. The van der Waals surface area contributed by atoms with E-state index in [0.717, 1.165) is 12.0 Å². The second-order valence-electron chi connectivity index (χ2n) is 3.52. The molecule has 0 atom stereocenters. The van der Waals surface area contributed by atoms with Crippen LogP contribution in [-0.4, -0.2) is 17.7 Å². The van der Waals surface area contributed by atoms with Gasteiger partial charge in [0.1, 0.15) is 6.07 Å². The van der Waals surface area contributed by atoms with Crippen LogP contribution >= 0.6 is 0 Å². The Bertz CT molecular complexity index is 460. The minimum Gasteiger partial charge on any atom is -0.462 e. The molecule has 0 spiro atoms. The van der Waals surface area contributed by atoms with Crippen molar-refractivity contribution in [3.8, 4) is 6.07 Å². The van der Waals surface area contributed by atoms with E-state index in [1.807, 2.05) is 13.0 Å². The van der Waals surface area contributed by atoms with Gasteiger partial charge in [-0.25, -0.2) is 4.79 Å². The van der Waals surface area contributed by atoms with Gasteiger partial charge in [-0.3, -0.25) is 0 Å². The zero-order valence-electron chi connectivity index (χ0n) is 9.99. The average molecular weight is 233 g/mol. The van der Waals surface area contributed by atoms with Gasteiger partial charge in [-0.05, 0) is 30.5 Å². The predicted molar refractivity (Wildman–Crippen MR) is 62.4 cm³/mol. The number of aryl methyl sites for hydroxylation is 1. The van der Waals surface area contributed by atoms with E-state index in [-0.39, 0.29) is 24.3 Å². The Morgan fingerprint density at radius 2 is 2.18 bits per heavy atom. The fraction of sp³-hybridized carbons (Fsp3) is 0.385. The Labute approximate surface area is 100 Å². The molecule has 1 rings (SSSR count). The molecule has 90 valence electrons. The van der Waals surface area contributed by atoms with Crippen molar-refractivity contribution in [3.63, 3.8) is 0 Å². The number of aliphatic hydroxyl groups is 1. The lowest BCUT2D eigenvalue weighted by Gasteiger charge is -2.10. The maximum absolute atomic E-state index is 11.7. The molecule has 0 aliphatic heterocycles. The summed E-state index contributed by atoms with van der Waals surface area (Å²) < 4.78 is 4.89. The molecule has 0 aliphatic carbocycles. The quantitative estimate of drug-likeness (QED) is 0.805. The van der Waals surface area contributed by atoms with E-state index in [9.17, 15) is 9.90 Å². The van der Waals surface area contributed by atoms with Gasteiger partial charge < -0.3 is 9.84 Å². The van der Waals surface area contributed by atoms with Crippen LogP contribution in [0.25, 0.3) is 0 Å². The maximum Gasteiger partial charge on any atom is 0.339 e. The molecule has 4 heteroatoms. The number of esters is 1. The van der Waals surface area contributed by atoms with Gasteiger partial charge in [0.25, 0.3) is 0 Å². The molecule has 0 aromatic heterocycles. The van der Waals surface area contributed by atoms with Gasteiger partial charge in [0.15, 0.2) is 0 Å². The molecule has 0 bridgehead atoms. The summed E-state index contributed by atoms with van der Waals surface area (Å²) in [5.74, 6) is -0.559. The normalized spacial score (nSPS) is 9.76. The maximum atomic E-state index is 11.7. The van der Waals surface area contributed by atoms with Crippen LogP contribution in [0.4, 0.5) is 0 Å². The van der Waals surface area contributed by atoms with Crippen LogP contribution in [-0.2, 0) is 17.8 Å². The first kappa shape index (κ1) is 13.2. The monoisotopic (exact) mass is 233 g/mol. The van der Waals surface area contributed by atoms with Crippen LogP contribution in [0.3, 0.4) is 0 Å². The summed E-state index contributed by atoms with van der Waals surface area (Å²) in [7, 11) is 0. The first-order valence-electron chi connectivity index (χ1n) is 5.51. The third-order valence-corrected chi connectivity index (χ3v) is 2.46. The van der Waals surface area contributed by atoms with E-state index in [2.05, 4.69) is 0 Å². The van der Waals surface area contributed by atoms with Crippen LogP contribution in [0.15, 0.2) is 12.1 Å². The van der Waals surface area contributed by atoms with Crippen molar-refractivity contribution in [2.24, 2.45) is 0 Å². The highest BCUT2D eigenvalue weighted by Gasteiger charge is 2.18. The predicted octanol–water partition coefficient (Wildman–Crippen LogP) is 1.79. The molecule has 0 amide bonds. The summed E-state index contributed by atoms with van der Waals surface area (Å²) in [6.07, 6.45) is 0.741. The molecule has 1 aromatic carbocycles. The first-order valence-corrected chi connectivity index (χ1v) is 5.51. The van der Waals surface area contributed by atoms with Crippen molar-refractivity contribution in [1.82, 2.24) is 0 Å². The highest BCUT2D eigenvalue weighted by Crippen LogP contribution is 2.19. The molecule has 0 fully saturated rings. The zero-order chi connectivity index (χ0) is 12.8. The van der Waals surface area contributed by atoms with Crippen molar-refractivity contribution < 1.29 is 14.6 Å². The molecule has 0 heterocycles. The minimum absolute atomic E-state index is 0.175. The molecule has 0 saturated heterocycles. The number of rotatable bonds is 4. The zero-order valence-corrected chi connectivity index (χ0v) is 9.99. The first-order chi connectivity index (χ1) is 8.17. The number of hydrogen-bond acceptors (Lipinski definition) is 4. The van der Waals surface area contributed by atoms with E-state index >= 15 is 0 Å². The second kappa shape index (κ2) is 6.02. The Morgan fingerprint density at radius 3 is 2.65 bits per heavy atom. The van der Waals surface area contributed by atoms with Crippen LogP contribution in [0.1, 0.15) is 40.9 Å². The van der Waals surface area contributed by atoms with Crippen molar-refractivity contribution in [2.75, 3.05) is 6.61 Å². The summed E-state index contributed by atoms with van der Waals surface area (Å²) in [6, 6.07) is 5.36. The molecule has 0 unspecified atom stereocenters. The summed E-state index contributed by atoms with van der Waals surface area (Å²) in [6.45, 7) is 3.60. The number of nitriles is 1. The minimum atomic E-state index is -0.559. The highest BCUT2D eigenvalue weighted by molar-refractivity contribution is 5.94. The molecule has 17 heavy (non-hydrogen) atoms. The van der Waals surface area contributed by atoms with E-state index < -0.39 is 5.97 Å². The van der Waals surface area contributed by atoms with Gasteiger partial charge in [-0.2, -0.15) is 5.26 Å². The van der Waals surface area contributed by atoms with Gasteiger partial charge in [0, 0.05) is 0 Å². The average Bonchev–Trinajstić information content (AvgIpc) is 2.37. The molecular weight excluding hydrogens is 218 g/mol. The number of ether oxygens (including phenoxy) is 1.